The maximum atomic E-state index is 12.2. The van der Waals surface area contributed by atoms with Gasteiger partial charge in [0.25, 0.3) is 0 Å². The van der Waals surface area contributed by atoms with Crippen LogP contribution in [-0.2, 0) is 4.79 Å². The third-order valence-corrected chi connectivity index (χ3v) is 4.15. The quantitative estimate of drug-likeness (QED) is 0.805. The first-order valence-corrected chi connectivity index (χ1v) is 7.04. The third kappa shape index (κ3) is 4.58. The number of rotatable bonds is 5. The summed E-state index contributed by atoms with van der Waals surface area (Å²) in [5.74, 6) is 0.306. The van der Waals surface area contributed by atoms with Gasteiger partial charge in [-0.05, 0) is 38.8 Å². The Morgan fingerprint density at radius 2 is 2.00 bits per heavy atom. The molecule has 1 unspecified atom stereocenters. The molecule has 1 aliphatic rings. The van der Waals surface area contributed by atoms with Gasteiger partial charge >= 0.3 is 0 Å². The van der Waals surface area contributed by atoms with Gasteiger partial charge < -0.3 is 15.5 Å². The number of likely N-dealkylation sites (N-methyl/N-ethyl adjacent to an activating group) is 1. The maximum absolute atomic E-state index is 12.2. The van der Waals surface area contributed by atoms with Crippen molar-refractivity contribution in [3.63, 3.8) is 0 Å². The molecule has 0 aromatic rings. The van der Waals surface area contributed by atoms with Crippen molar-refractivity contribution in [3.05, 3.63) is 0 Å². The molecule has 0 spiro atoms. The summed E-state index contributed by atoms with van der Waals surface area (Å²) in [6.07, 6.45) is 2.58. The Morgan fingerprint density at radius 1 is 1.33 bits per heavy atom. The van der Waals surface area contributed by atoms with E-state index < -0.39 is 0 Å². The number of hydrogen-bond acceptors (Lipinski definition) is 3. The van der Waals surface area contributed by atoms with Crippen LogP contribution in [0.5, 0.6) is 0 Å². The van der Waals surface area contributed by atoms with E-state index in [1.807, 2.05) is 4.90 Å². The summed E-state index contributed by atoms with van der Waals surface area (Å²) in [5, 5.41) is 0. The fourth-order valence-corrected chi connectivity index (χ4v) is 2.39. The van der Waals surface area contributed by atoms with Crippen molar-refractivity contribution >= 4 is 5.91 Å². The van der Waals surface area contributed by atoms with E-state index in [-0.39, 0.29) is 5.41 Å². The molecule has 1 rings (SSSR count). The summed E-state index contributed by atoms with van der Waals surface area (Å²) in [4.78, 5) is 16.5. The molecule has 0 aromatic heterocycles. The van der Waals surface area contributed by atoms with Gasteiger partial charge in [0.2, 0.25) is 5.91 Å². The summed E-state index contributed by atoms with van der Waals surface area (Å²) in [6, 6.07) is 0.472. The molecule has 1 amide bonds. The standard InChI is InChI=1S/C14H29N3O/c1-12-11-17(10-9-16(12)4)13(18)5-6-14(2,3)7-8-15/h12H,5-11,15H2,1-4H3. The summed E-state index contributed by atoms with van der Waals surface area (Å²) >= 11 is 0. The molecular weight excluding hydrogens is 226 g/mol. The van der Waals surface area contributed by atoms with Gasteiger partial charge in [0.15, 0.2) is 0 Å². The molecule has 1 heterocycles. The zero-order valence-electron chi connectivity index (χ0n) is 12.4. The van der Waals surface area contributed by atoms with Crippen LogP contribution in [0.2, 0.25) is 0 Å². The van der Waals surface area contributed by atoms with Gasteiger partial charge in [-0.25, -0.2) is 0 Å². The topological polar surface area (TPSA) is 49.6 Å². The van der Waals surface area contributed by atoms with Crippen molar-refractivity contribution in [2.24, 2.45) is 11.1 Å². The van der Waals surface area contributed by atoms with E-state index in [1.165, 1.54) is 0 Å². The van der Waals surface area contributed by atoms with Crippen LogP contribution in [0.3, 0.4) is 0 Å². The zero-order valence-corrected chi connectivity index (χ0v) is 12.4. The maximum Gasteiger partial charge on any atom is 0.222 e. The van der Waals surface area contributed by atoms with E-state index in [2.05, 4.69) is 32.7 Å². The molecule has 0 radical (unpaired) electrons. The highest BCUT2D eigenvalue weighted by Crippen LogP contribution is 2.26. The lowest BCUT2D eigenvalue weighted by molar-refractivity contribution is -0.134. The molecule has 0 aromatic carbocycles. The van der Waals surface area contributed by atoms with E-state index in [4.69, 9.17) is 5.73 Å². The normalized spacial score (nSPS) is 22.3. The molecule has 0 aliphatic carbocycles. The van der Waals surface area contributed by atoms with Crippen molar-refractivity contribution in [2.75, 3.05) is 33.2 Å². The Kier molecular flexibility index (Phi) is 5.60. The van der Waals surface area contributed by atoms with Crippen LogP contribution < -0.4 is 5.73 Å². The first-order valence-electron chi connectivity index (χ1n) is 7.04. The smallest absolute Gasteiger partial charge is 0.222 e. The van der Waals surface area contributed by atoms with E-state index in [0.29, 0.717) is 24.9 Å². The lowest BCUT2D eigenvalue weighted by atomic mass is 9.84. The van der Waals surface area contributed by atoms with Crippen molar-refractivity contribution in [2.45, 2.75) is 46.1 Å². The fraction of sp³-hybridized carbons (Fsp3) is 0.929. The summed E-state index contributed by atoms with van der Waals surface area (Å²) in [7, 11) is 2.12. The number of amides is 1. The van der Waals surface area contributed by atoms with Crippen LogP contribution in [0.4, 0.5) is 0 Å². The van der Waals surface area contributed by atoms with Crippen molar-refractivity contribution in [1.82, 2.24) is 9.80 Å². The molecule has 1 atom stereocenters. The molecule has 0 saturated carbocycles. The molecule has 18 heavy (non-hydrogen) atoms. The number of nitrogens with zero attached hydrogens (tertiary/aromatic N) is 2. The number of hydrogen-bond donors (Lipinski definition) is 1. The molecule has 106 valence electrons. The number of nitrogens with two attached hydrogens (primary N) is 1. The van der Waals surface area contributed by atoms with Crippen LogP contribution >= 0.6 is 0 Å². The van der Waals surface area contributed by atoms with Gasteiger partial charge in [-0.3, -0.25) is 4.79 Å². The third-order valence-electron chi connectivity index (χ3n) is 4.15. The Hall–Kier alpha value is -0.610. The summed E-state index contributed by atoms with van der Waals surface area (Å²) < 4.78 is 0. The molecule has 4 nitrogen and oxygen atoms in total. The minimum Gasteiger partial charge on any atom is -0.340 e. The van der Waals surface area contributed by atoms with Gasteiger partial charge in [-0.1, -0.05) is 13.8 Å². The van der Waals surface area contributed by atoms with Crippen molar-refractivity contribution < 1.29 is 4.79 Å². The fourth-order valence-electron chi connectivity index (χ4n) is 2.39. The average Bonchev–Trinajstić information content (AvgIpc) is 2.30. The zero-order chi connectivity index (χ0) is 13.8. The first-order chi connectivity index (χ1) is 8.35. The molecule has 1 fully saturated rings. The minimum atomic E-state index is 0.183. The van der Waals surface area contributed by atoms with Crippen LogP contribution in [0.25, 0.3) is 0 Å². The Bertz CT molecular complexity index is 278. The van der Waals surface area contributed by atoms with Crippen LogP contribution in [0, 0.1) is 5.41 Å². The lowest BCUT2D eigenvalue weighted by Gasteiger charge is -2.38. The van der Waals surface area contributed by atoms with Crippen LogP contribution in [-0.4, -0.2) is 55.0 Å². The monoisotopic (exact) mass is 255 g/mol. The second-order valence-electron chi connectivity index (χ2n) is 6.37. The minimum absolute atomic E-state index is 0.183. The van der Waals surface area contributed by atoms with Gasteiger partial charge in [0.05, 0.1) is 0 Å². The highest BCUT2D eigenvalue weighted by atomic mass is 16.2. The number of carbonyl (C=O) groups excluding carboxylic acids is 1. The molecule has 4 heteroatoms. The second-order valence-corrected chi connectivity index (χ2v) is 6.37. The van der Waals surface area contributed by atoms with Gasteiger partial charge in [-0.15, -0.1) is 0 Å². The summed E-state index contributed by atoms with van der Waals surface area (Å²) in [6.45, 7) is 9.99. The number of piperazine rings is 1. The highest BCUT2D eigenvalue weighted by Gasteiger charge is 2.25. The van der Waals surface area contributed by atoms with Gasteiger partial charge in [0, 0.05) is 32.1 Å². The average molecular weight is 255 g/mol. The van der Waals surface area contributed by atoms with Gasteiger partial charge in [-0.2, -0.15) is 0 Å². The molecule has 1 aliphatic heterocycles. The van der Waals surface area contributed by atoms with Crippen LogP contribution in [0.15, 0.2) is 0 Å². The highest BCUT2D eigenvalue weighted by molar-refractivity contribution is 5.76. The predicted octanol–water partition coefficient (Wildman–Crippen LogP) is 1.30. The van der Waals surface area contributed by atoms with Crippen LogP contribution in [0.1, 0.15) is 40.0 Å². The Balaban J connectivity index is 2.37. The van der Waals surface area contributed by atoms with Gasteiger partial charge in [0.1, 0.15) is 0 Å². The molecule has 0 bridgehead atoms. The van der Waals surface area contributed by atoms with Crippen molar-refractivity contribution in [1.29, 1.82) is 0 Å². The molecule has 2 N–H and O–H groups in total. The Labute approximate surface area is 111 Å². The Morgan fingerprint density at radius 3 is 2.56 bits per heavy atom. The lowest BCUT2D eigenvalue weighted by Crippen LogP contribution is -2.52. The SMILES string of the molecule is CC1CN(C(=O)CCC(C)(C)CCN)CCN1C. The van der Waals surface area contributed by atoms with E-state index in [1.54, 1.807) is 0 Å². The van der Waals surface area contributed by atoms with Crippen molar-refractivity contribution in [3.8, 4) is 0 Å². The summed E-state index contributed by atoms with van der Waals surface area (Å²) in [5.41, 5.74) is 5.78. The van der Waals surface area contributed by atoms with E-state index >= 15 is 0 Å². The predicted molar refractivity (Wildman–Crippen MR) is 75.4 cm³/mol. The first kappa shape index (κ1) is 15.4. The largest absolute Gasteiger partial charge is 0.340 e. The number of carbonyl (C=O) groups is 1. The van der Waals surface area contributed by atoms with E-state index in [9.17, 15) is 4.79 Å². The molecular formula is C14H29N3O. The molecule has 1 saturated heterocycles. The van der Waals surface area contributed by atoms with E-state index in [0.717, 1.165) is 32.5 Å². The second kappa shape index (κ2) is 6.53.